The van der Waals surface area contributed by atoms with Gasteiger partial charge in [0.1, 0.15) is 6.61 Å². The second-order valence-electron chi connectivity index (χ2n) is 5.02. The van der Waals surface area contributed by atoms with Gasteiger partial charge in [-0.3, -0.25) is 0 Å². The smallest absolute Gasteiger partial charge is 0.407 e. The molecule has 1 rings (SSSR count). The summed E-state index contributed by atoms with van der Waals surface area (Å²) in [5.41, 5.74) is -0.175. The highest BCUT2D eigenvalue weighted by atomic mass is 16.5. The molecule has 0 bridgehead atoms. The zero-order chi connectivity index (χ0) is 16.3. The molecule has 0 saturated heterocycles. The van der Waals surface area contributed by atoms with Gasteiger partial charge in [-0.15, -0.1) is 0 Å². The van der Waals surface area contributed by atoms with E-state index < -0.39 is 11.6 Å². The van der Waals surface area contributed by atoms with Gasteiger partial charge in [0.2, 0.25) is 0 Å². The van der Waals surface area contributed by atoms with Crippen LogP contribution in [0.2, 0.25) is 0 Å². The Morgan fingerprint density at radius 1 is 1.05 bits per heavy atom. The van der Waals surface area contributed by atoms with Gasteiger partial charge in [-0.2, -0.15) is 0 Å². The van der Waals surface area contributed by atoms with Crippen LogP contribution < -0.4 is 10.6 Å². The van der Waals surface area contributed by atoms with Crippen LogP contribution in [0, 0.1) is 0 Å². The zero-order valence-corrected chi connectivity index (χ0v) is 12.5. The lowest BCUT2D eigenvalue weighted by molar-refractivity contribution is 0.0426. The predicted octanol–water partition coefficient (Wildman–Crippen LogP) is -0.392. The van der Waals surface area contributed by atoms with Gasteiger partial charge in [0.05, 0.1) is 25.4 Å². The second-order valence-corrected chi connectivity index (χ2v) is 5.02. The quantitative estimate of drug-likeness (QED) is 0.376. The fraction of sp³-hybridized carbons (Fsp3) is 0.533. The van der Waals surface area contributed by atoms with Crippen LogP contribution in [0.5, 0.6) is 0 Å². The molecule has 0 aliphatic carbocycles. The molecule has 7 nitrogen and oxygen atoms in total. The summed E-state index contributed by atoms with van der Waals surface area (Å²) in [6.45, 7) is -0.0706. The maximum atomic E-state index is 11.5. The number of ether oxygens (including phenoxy) is 1. The van der Waals surface area contributed by atoms with Crippen molar-refractivity contribution in [2.75, 3.05) is 32.9 Å². The van der Waals surface area contributed by atoms with E-state index in [0.29, 0.717) is 19.5 Å². The van der Waals surface area contributed by atoms with Crippen molar-refractivity contribution in [3.63, 3.8) is 0 Å². The minimum absolute atomic E-state index is 0.216. The van der Waals surface area contributed by atoms with Crippen molar-refractivity contribution in [1.82, 2.24) is 10.6 Å². The summed E-state index contributed by atoms with van der Waals surface area (Å²) in [6, 6.07) is 9.38. The van der Waals surface area contributed by atoms with Crippen LogP contribution >= 0.6 is 0 Å². The zero-order valence-electron chi connectivity index (χ0n) is 12.5. The van der Waals surface area contributed by atoms with E-state index in [1.54, 1.807) is 0 Å². The molecule has 124 valence electrons. The van der Waals surface area contributed by atoms with Gasteiger partial charge in [0, 0.05) is 6.54 Å². The van der Waals surface area contributed by atoms with Gasteiger partial charge < -0.3 is 30.7 Å². The Bertz CT molecular complexity index is 415. The SMILES string of the molecule is O=C(NCCCNC(CO)(CO)CO)OCc1ccccc1. The number of alkyl carbamates (subject to hydrolysis) is 1. The normalized spacial score (nSPS) is 11.2. The minimum atomic E-state index is -1.09. The molecule has 22 heavy (non-hydrogen) atoms. The molecular formula is C15H24N2O5. The Morgan fingerprint density at radius 3 is 2.27 bits per heavy atom. The second kappa shape index (κ2) is 10.1. The van der Waals surface area contributed by atoms with E-state index in [2.05, 4.69) is 10.6 Å². The number of aliphatic hydroxyl groups is 3. The van der Waals surface area contributed by atoms with E-state index in [4.69, 9.17) is 20.1 Å². The molecule has 0 atom stereocenters. The number of aliphatic hydroxyl groups excluding tert-OH is 3. The number of nitrogens with one attached hydrogen (secondary N) is 2. The lowest BCUT2D eigenvalue weighted by atomic mass is 10.0. The largest absolute Gasteiger partial charge is 0.445 e. The summed E-state index contributed by atoms with van der Waals surface area (Å²) < 4.78 is 5.05. The number of amides is 1. The Morgan fingerprint density at radius 2 is 1.68 bits per heavy atom. The maximum Gasteiger partial charge on any atom is 0.407 e. The van der Waals surface area contributed by atoms with E-state index in [1.165, 1.54) is 0 Å². The lowest BCUT2D eigenvalue weighted by Gasteiger charge is -2.28. The van der Waals surface area contributed by atoms with Gasteiger partial charge in [-0.05, 0) is 18.5 Å². The number of rotatable bonds is 10. The molecule has 0 spiro atoms. The number of carbonyl (C=O) groups is 1. The molecule has 0 fully saturated rings. The van der Waals surface area contributed by atoms with Crippen LogP contribution in [0.15, 0.2) is 30.3 Å². The third-order valence-corrected chi connectivity index (χ3v) is 3.24. The minimum Gasteiger partial charge on any atom is -0.445 e. The summed E-state index contributed by atoms with van der Waals surface area (Å²) in [7, 11) is 0. The van der Waals surface area contributed by atoms with Gasteiger partial charge >= 0.3 is 6.09 Å². The molecule has 7 heteroatoms. The van der Waals surface area contributed by atoms with Crippen LogP contribution in [0.1, 0.15) is 12.0 Å². The summed E-state index contributed by atoms with van der Waals surface area (Å²) in [5.74, 6) is 0. The van der Waals surface area contributed by atoms with Crippen molar-refractivity contribution >= 4 is 6.09 Å². The molecule has 0 aromatic heterocycles. The highest BCUT2D eigenvalue weighted by molar-refractivity contribution is 5.67. The molecule has 0 saturated carbocycles. The van der Waals surface area contributed by atoms with Crippen LogP contribution in [0.4, 0.5) is 4.79 Å². The Labute approximate surface area is 129 Å². The van der Waals surface area contributed by atoms with Crippen molar-refractivity contribution < 1.29 is 24.9 Å². The van der Waals surface area contributed by atoms with Crippen molar-refractivity contribution in [3.8, 4) is 0 Å². The number of benzene rings is 1. The average Bonchev–Trinajstić information content (AvgIpc) is 2.58. The van der Waals surface area contributed by atoms with Gasteiger partial charge in [0.15, 0.2) is 0 Å². The van der Waals surface area contributed by atoms with Crippen LogP contribution in [-0.2, 0) is 11.3 Å². The first-order valence-corrected chi connectivity index (χ1v) is 7.18. The molecule has 1 aromatic rings. The van der Waals surface area contributed by atoms with E-state index in [9.17, 15) is 4.79 Å². The first kappa shape index (κ1) is 18.4. The molecular weight excluding hydrogens is 288 g/mol. The topological polar surface area (TPSA) is 111 Å². The van der Waals surface area contributed by atoms with Crippen LogP contribution in [0.3, 0.4) is 0 Å². The third kappa shape index (κ3) is 6.40. The fourth-order valence-corrected chi connectivity index (χ4v) is 1.72. The van der Waals surface area contributed by atoms with E-state index in [1.807, 2.05) is 30.3 Å². The molecule has 1 amide bonds. The molecule has 0 aliphatic heterocycles. The summed E-state index contributed by atoms with van der Waals surface area (Å²) >= 11 is 0. The Kier molecular flexibility index (Phi) is 8.46. The van der Waals surface area contributed by atoms with Crippen LogP contribution in [-0.4, -0.2) is 59.9 Å². The lowest BCUT2D eigenvalue weighted by Crippen LogP contribution is -2.55. The Balaban J connectivity index is 2.12. The van der Waals surface area contributed by atoms with Gasteiger partial charge in [-0.1, -0.05) is 30.3 Å². The van der Waals surface area contributed by atoms with Gasteiger partial charge in [-0.25, -0.2) is 4.79 Å². The molecule has 0 heterocycles. The van der Waals surface area contributed by atoms with Crippen molar-refractivity contribution in [2.24, 2.45) is 0 Å². The summed E-state index contributed by atoms with van der Waals surface area (Å²) in [4.78, 5) is 11.5. The molecule has 1 aromatic carbocycles. The number of hydrogen-bond donors (Lipinski definition) is 5. The van der Waals surface area contributed by atoms with Crippen LogP contribution in [0.25, 0.3) is 0 Å². The standard InChI is InChI=1S/C15H24N2O5/c18-10-15(11-19,12-20)17-8-4-7-16-14(21)22-9-13-5-2-1-3-6-13/h1-3,5-6,17-20H,4,7-12H2,(H,16,21). The van der Waals surface area contributed by atoms with Crippen molar-refractivity contribution in [1.29, 1.82) is 0 Å². The summed E-state index contributed by atoms with van der Waals surface area (Å²) in [5, 5.41) is 32.9. The van der Waals surface area contributed by atoms with Crippen molar-refractivity contribution in [2.45, 2.75) is 18.6 Å². The molecule has 5 N–H and O–H groups in total. The van der Waals surface area contributed by atoms with Crippen molar-refractivity contribution in [3.05, 3.63) is 35.9 Å². The monoisotopic (exact) mass is 312 g/mol. The van der Waals surface area contributed by atoms with Gasteiger partial charge in [0.25, 0.3) is 0 Å². The molecule has 0 unspecified atom stereocenters. The number of carbonyl (C=O) groups excluding carboxylic acids is 1. The third-order valence-electron chi connectivity index (χ3n) is 3.24. The first-order valence-electron chi connectivity index (χ1n) is 7.18. The summed E-state index contributed by atoms with van der Waals surface area (Å²) in [6.07, 6.45) is 0.0731. The predicted molar refractivity (Wildman–Crippen MR) is 81.2 cm³/mol. The fourth-order valence-electron chi connectivity index (χ4n) is 1.72. The molecule has 0 radical (unpaired) electrons. The average molecular weight is 312 g/mol. The number of hydrogen-bond acceptors (Lipinski definition) is 6. The molecule has 0 aliphatic rings. The van der Waals surface area contributed by atoms with E-state index in [-0.39, 0.29) is 26.4 Å². The van der Waals surface area contributed by atoms with E-state index >= 15 is 0 Å². The Hall–Kier alpha value is -1.67. The van der Waals surface area contributed by atoms with E-state index in [0.717, 1.165) is 5.56 Å². The highest BCUT2D eigenvalue weighted by Gasteiger charge is 2.26. The maximum absolute atomic E-state index is 11.5. The highest BCUT2D eigenvalue weighted by Crippen LogP contribution is 2.02. The first-order chi connectivity index (χ1) is 10.7.